The minimum atomic E-state index is 0.0965. The number of benzene rings is 2. The molecule has 2 heteroatoms. The van der Waals surface area contributed by atoms with E-state index in [1.165, 1.54) is 5.56 Å². The van der Waals surface area contributed by atoms with Gasteiger partial charge in [0.05, 0.1) is 6.42 Å². The fourth-order valence-corrected chi connectivity index (χ4v) is 2.01. The standard InChI is InChI=1S/C17H19NO/c19-17(14-16-10-5-2-6-11-16)18-13-7-12-15-8-3-1-4-9-15/h1-6,8-11H,7,12-14H2,(H,18,19)/i18+1. The van der Waals surface area contributed by atoms with Gasteiger partial charge in [-0.2, -0.15) is 0 Å². The van der Waals surface area contributed by atoms with Crippen LogP contribution in [0.2, 0.25) is 0 Å². The fourth-order valence-electron chi connectivity index (χ4n) is 2.01. The maximum atomic E-state index is 11.7. The highest BCUT2D eigenvalue weighted by molar-refractivity contribution is 5.78. The zero-order valence-corrected chi connectivity index (χ0v) is 11.0. The molecule has 2 aromatic carbocycles. The van der Waals surface area contributed by atoms with Gasteiger partial charge in [0.1, 0.15) is 0 Å². The molecule has 0 unspecified atom stereocenters. The molecule has 2 aromatic rings. The fraction of sp³-hybridized carbons (Fsp3) is 0.235. The Morgan fingerprint density at radius 3 is 2.05 bits per heavy atom. The molecule has 0 fully saturated rings. The molecule has 0 heterocycles. The van der Waals surface area contributed by atoms with Crippen molar-refractivity contribution in [2.24, 2.45) is 0 Å². The monoisotopic (exact) mass is 254 g/mol. The second-order valence-corrected chi connectivity index (χ2v) is 4.60. The second kappa shape index (κ2) is 7.37. The number of nitrogens with one attached hydrogen (secondary N) is 1. The molecule has 1 amide bonds. The van der Waals surface area contributed by atoms with E-state index in [4.69, 9.17) is 0 Å². The van der Waals surface area contributed by atoms with Crippen molar-refractivity contribution < 1.29 is 4.79 Å². The van der Waals surface area contributed by atoms with Crippen molar-refractivity contribution in [3.05, 3.63) is 71.8 Å². The van der Waals surface area contributed by atoms with Crippen molar-refractivity contribution >= 4 is 5.91 Å². The average Bonchev–Trinajstić information content (AvgIpc) is 2.46. The number of carbonyl (C=O) groups is 1. The van der Waals surface area contributed by atoms with Crippen molar-refractivity contribution in [1.29, 1.82) is 0 Å². The molecule has 98 valence electrons. The summed E-state index contributed by atoms with van der Waals surface area (Å²) in [6.07, 6.45) is 2.45. The Labute approximate surface area is 114 Å². The molecule has 0 aromatic heterocycles. The van der Waals surface area contributed by atoms with Crippen LogP contribution in [0.4, 0.5) is 0 Å². The molecular weight excluding hydrogens is 235 g/mol. The lowest BCUT2D eigenvalue weighted by molar-refractivity contribution is -0.120. The third kappa shape index (κ3) is 4.96. The summed E-state index contributed by atoms with van der Waals surface area (Å²) in [4.78, 5) is 11.7. The summed E-state index contributed by atoms with van der Waals surface area (Å²) < 4.78 is 0. The molecular formula is C17H19NO. The van der Waals surface area contributed by atoms with E-state index in [0.717, 1.165) is 24.9 Å². The molecule has 0 radical (unpaired) electrons. The van der Waals surface area contributed by atoms with Crippen molar-refractivity contribution in [3.63, 3.8) is 0 Å². The van der Waals surface area contributed by atoms with Crippen LogP contribution in [0.15, 0.2) is 60.7 Å². The highest BCUT2D eigenvalue weighted by Gasteiger charge is 2.01. The number of hydrogen-bond donors (Lipinski definition) is 1. The smallest absolute Gasteiger partial charge is 0.224 e. The Balaban J connectivity index is 1.65. The molecule has 0 atom stereocenters. The normalized spacial score (nSPS) is 10.1. The summed E-state index contributed by atoms with van der Waals surface area (Å²) in [6, 6.07) is 20.2. The van der Waals surface area contributed by atoms with Gasteiger partial charge in [-0.1, -0.05) is 60.7 Å². The van der Waals surface area contributed by atoms with Crippen LogP contribution in [0.1, 0.15) is 17.5 Å². The van der Waals surface area contributed by atoms with Gasteiger partial charge in [0, 0.05) is 6.54 Å². The molecule has 0 saturated heterocycles. The van der Waals surface area contributed by atoms with Gasteiger partial charge in [0.15, 0.2) is 0 Å². The highest BCUT2D eigenvalue weighted by atomic mass is 16.2. The molecule has 0 bridgehead atoms. The van der Waals surface area contributed by atoms with Gasteiger partial charge in [-0.05, 0) is 24.0 Å². The highest BCUT2D eigenvalue weighted by Crippen LogP contribution is 2.02. The van der Waals surface area contributed by atoms with E-state index >= 15 is 0 Å². The van der Waals surface area contributed by atoms with Crippen LogP contribution in [0.3, 0.4) is 0 Å². The summed E-state index contributed by atoms with van der Waals surface area (Å²) in [5.41, 5.74) is 2.38. The minimum absolute atomic E-state index is 0.0965. The number of rotatable bonds is 6. The van der Waals surface area contributed by atoms with Crippen LogP contribution in [-0.2, 0) is 17.6 Å². The van der Waals surface area contributed by atoms with Crippen LogP contribution < -0.4 is 5.32 Å². The first-order valence-electron chi connectivity index (χ1n) is 6.69. The average molecular weight is 254 g/mol. The van der Waals surface area contributed by atoms with Gasteiger partial charge >= 0.3 is 0 Å². The number of amides is 1. The maximum Gasteiger partial charge on any atom is 0.224 e. The van der Waals surface area contributed by atoms with E-state index in [1.807, 2.05) is 48.5 Å². The van der Waals surface area contributed by atoms with Crippen molar-refractivity contribution in [2.75, 3.05) is 6.54 Å². The predicted molar refractivity (Wildman–Crippen MR) is 77.9 cm³/mol. The summed E-state index contributed by atoms with van der Waals surface area (Å²) in [7, 11) is 0. The van der Waals surface area contributed by atoms with E-state index in [1.54, 1.807) is 0 Å². The number of hydrogen-bond acceptors (Lipinski definition) is 1. The second-order valence-electron chi connectivity index (χ2n) is 4.60. The first-order chi connectivity index (χ1) is 9.34. The van der Waals surface area contributed by atoms with Crippen molar-refractivity contribution in [1.82, 2.24) is 5.32 Å². The van der Waals surface area contributed by atoms with E-state index in [0.29, 0.717) is 6.42 Å². The Bertz CT molecular complexity index is 493. The van der Waals surface area contributed by atoms with Crippen LogP contribution >= 0.6 is 0 Å². The van der Waals surface area contributed by atoms with Gasteiger partial charge in [-0.3, -0.25) is 4.79 Å². The summed E-state index contributed by atoms with van der Waals surface area (Å²) in [5, 5.41) is 2.96. The largest absolute Gasteiger partial charge is 0.356 e. The lowest BCUT2D eigenvalue weighted by atomic mass is 10.1. The quantitative estimate of drug-likeness (QED) is 0.623. The molecule has 0 aliphatic rings. The van der Waals surface area contributed by atoms with Gasteiger partial charge in [0.25, 0.3) is 0 Å². The molecule has 0 saturated carbocycles. The van der Waals surface area contributed by atoms with Gasteiger partial charge < -0.3 is 5.32 Å². The lowest BCUT2D eigenvalue weighted by Gasteiger charge is -2.05. The third-order valence-corrected chi connectivity index (χ3v) is 3.01. The zero-order valence-electron chi connectivity index (χ0n) is 11.0. The summed E-state index contributed by atoms with van der Waals surface area (Å²) in [5.74, 6) is 0.0965. The van der Waals surface area contributed by atoms with Crippen molar-refractivity contribution in [2.45, 2.75) is 19.3 Å². The van der Waals surface area contributed by atoms with Gasteiger partial charge in [-0.15, -0.1) is 0 Å². The van der Waals surface area contributed by atoms with E-state index in [-0.39, 0.29) is 5.91 Å². The van der Waals surface area contributed by atoms with E-state index in [9.17, 15) is 4.79 Å². The summed E-state index contributed by atoms with van der Waals surface area (Å²) in [6.45, 7) is 0.737. The maximum absolute atomic E-state index is 11.7. The number of aryl methyl sites for hydroxylation is 1. The molecule has 0 spiro atoms. The first kappa shape index (κ1) is 13.3. The summed E-state index contributed by atoms with van der Waals surface area (Å²) >= 11 is 0. The minimum Gasteiger partial charge on any atom is -0.356 e. The Hall–Kier alpha value is -2.09. The molecule has 1 N–H and O–H groups in total. The van der Waals surface area contributed by atoms with Crippen LogP contribution in [0.25, 0.3) is 0 Å². The van der Waals surface area contributed by atoms with Gasteiger partial charge in [-0.25, -0.2) is 0 Å². The Morgan fingerprint density at radius 1 is 0.842 bits per heavy atom. The van der Waals surface area contributed by atoms with Crippen LogP contribution in [0.5, 0.6) is 0 Å². The predicted octanol–water partition coefficient (Wildman–Crippen LogP) is 2.98. The van der Waals surface area contributed by atoms with E-state index in [2.05, 4.69) is 17.4 Å². The topological polar surface area (TPSA) is 29.1 Å². The molecule has 2 nitrogen and oxygen atoms in total. The first-order valence-corrected chi connectivity index (χ1v) is 6.69. The number of carbonyl (C=O) groups excluding carboxylic acids is 1. The lowest BCUT2D eigenvalue weighted by Crippen LogP contribution is -2.26. The Kier molecular flexibility index (Phi) is 5.17. The SMILES string of the molecule is O=C(Cc1ccccc1)[15NH]CCCc1ccccc1. The third-order valence-electron chi connectivity index (χ3n) is 3.01. The van der Waals surface area contributed by atoms with Crippen LogP contribution in [-0.4, -0.2) is 12.5 Å². The van der Waals surface area contributed by atoms with E-state index < -0.39 is 0 Å². The van der Waals surface area contributed by atoms with Crippen molar-refractivity contribution in [3.8, 4) is 0 Å². The Morgan fingerprint density at radius 2 is 1.42 bits per heavy atom. The molecule has 0 aliphatic carbocycles. The molecule has 0 aliphatic heterocycles. The van der Waals surface area contributed by atoms with Crippen LogP contribution in [0, 0.1) is 0 Å². The zero-order chi connectivity index (χ0) is 13.3. The molecule has 2 rings (SSSR count). The molecule has 19 heavy (non-hydrogen) atoms. The van der Waals surface area contributed by atoms with Gasteiger partial charge in [0.2, 0.25) is 5.91 Å².